The Morgan fingerprint density at radius 3 is 2.44 bits per heavy atom. The SMILES string of the molecule is Cc1ccc(S(=O)(=O)Nc2cc(Cl)ccn2)cc1. The van der Waals surface area contributed by atoms with Crippen LogP contribution >= 0.6 is 11.6 Å². The number of nitrogens with zero attached hydrogens (tertiary/aromatic N) is 1. The number of rotatable bonds is 3. The number of hydrogen-bond acceptors (Lipinski definition) is 3. The quantitative estimate of drug-likeness (QED) is 0.942. The smallest absolute Gasteiger partial charge is 0.263 e. The van der Waals surface area contributed by atoms with Crippen molar-refractivity contribution < 1.29 is 8.42 Å². The summed E-state index contributed by atoms with van der Waals surface area (Å²) in [7, 11) is -3.62. The van der Waals surface area contributed by atoms with Gasteiger partial charge in [-0.15, -0.1) is 0 Å². The first-order valence-corrected chi connectivity index (χ1v) is 7.04. The predicted molar refractivity (Wildman–Crippen MR) is 71.2 cm³/mol. The van der Waals surface area contributed by atoms with Crippen LogP contribution in [0.4, 0.5) is 5.82 Å². The van der Waals surface area contributed by atoms with Crippen molar-refractivity contribution in [3.63, 3.8) is 0 Å². The van der Waals surface area contributed by atoms with E-state index < -0.39 is 10.0 Å². The summed E-state index contributed by atoms with van der Waals surface area (Å²) in [5, 5.41) is 0.423. The lowest BCUT2D eigenvalue weighted by molar-refractivity contribution is 0.601. The van der Waals surface area contributed by atoms with Crippen LogP contribution in [0.5, 0.6) is 0 Å². The molecule has 0 unspecified atom stereocenters. The second-order valence-corrected chi connectivity index (χ2v) is 5.90. The number of benzene rings is 1. The summed E-state index contributed by atoms with van der Waals surface area (Å²) in [6.45, 7) is 1.89. The molecule has 0 aliphatic rings. The van der Waals surface area contributed by atoms with E-state index >= 15 is 0 Å². The molecule has 0 radical (unpaired) electrons. The van der Waals surface area contributed by atoms with E-state index in [1.165, 1.54) is 12.3 Å². The van der Waals surface area contributed by atoms with Crippen LogP contribution < -0.4 is 4.72 Å². The lowest BCUT2D eigenvalue weighted by atomic mass is 10.2. The molecule has 4 nitrogen and oxygen atoms in total. The monoisotopic (exact) mass is 282 g/mol. The molecule has 0 fully saturated rings. The molecular formula is C12H11ClN2O2S. The van der Waals surface area contributed by atoms with Crippen molar-refractivity contribution >= 4 is 27.4 Å². The summed E-state index contributed by atoms with van der Waals surface area (Å²) in [6, 6.07) is 9.59. The zero-order valence-corrected chi connectivity index (χ0v) is 11.2. The molecule has 94 valence electrons. The Labute approximate surface area is 111 Å². The van der Waals surface area contributed by atoms with Crippen LogP contribution in [0.1, 0.15) is 5.56 Å². The molecule has 2 aromatic rings. The van der Waals surface area contributed by atoms with Crippen molar-refractivity contribution in [3.05, 3.63) is 53.2 Å². The van der Waals surface area contributed by atoms with E-state index in [0.717, 1.165) is 5.56 Å². The summed E-state index contributed by atoms with van der Waals surface area (Å²) in [5.41, 5.74) is 0.995. The lowest BCUT2D eigenvalue weighted by Crippen LogP contribution is -2.13. The van der Waals surface area contributed by atoms with Crippen molar-refractivity contribution in [2.45, 2.75) is 11.8 Å². The highest BCUT2D eigenvalue weighted by Crippen LogP contribution is 2.17. The maximum absolute atomic E-state index is 12.0. The minimum atomic E-state index is -3.62. The average molecular weight is 283 g/mol. The van der Waals surface area contributed by atoms with Gasteiger partial charge >= 0.3 is 0 Å². The molecule has 1 aromatic carbocycles. The molecular weight excluding hydrogens is 272 g/mol. The first kappa shape index (κ1) is 12.9. The Morgan fingerprint density at radius 1 is 1.17 bits per heavy atom. The van der Waals surface area contributed by atoms with Crippen LogP contribution in [0.3, 0.4) is 0 Å². The minimum absolute atomic E-state index is 0.190. The van der Waals surface area contributed by atoms with E-state index in [4.69, 9.17) is 11.6 Å². The van der Waals surface area contributed by atoms with E-state index in [1.807, 2.05) is 6.92 Å². The first-order chi connectivity index (χ1) is 8.47. The van der Waals surface area contributed by atoms with Crippen molar-refractivity contribution in [1.29, 1.82) is 0 Å². The molecule has 18 heavy (non-hydrogen) atoms. The highest BCUT2D eigenvalue weighted by atomic mass is 35.5. The van der Waals surface area contributed by atoms with Crippen LogP contribution in [0, 0.1) is 6.92 Å². The van der Waals surface area contributed by atoms with E-state index in [1.54, 1.807) is 30.3 Å². The van der Waals surface area contributed by atoms with Gasteiger partial charge in [-0.2, -0.15) is 0 Å². The molecule has 0 saturated carbocycles. The van der Waals surface area contributed by atoms with Crippen LogP contribution in [-0.2, 0) is 10.0 Å². The van der Waals surface area contributed by atoms with Gasteiger partial charge in [0, 0.05) is 17.3 Å². The molecule has 0 amide bonds. The van der Waals surface area contributed by atoms with Gasteiger partial charge in [0.25, 0.3) is 10.0 Å². The second kappa shape index (κ2) is 4.96. The van der Waals surface area contributed by atoms with E-state index in [-0.39, 0.29) is 10.7 Å². The summed E-state index contributed by atoms with van der Waals surface area (Å²) in [5.74, 6) is 0.197. The van der Waals surface area contributed by atoms with Gasteiger partial charge in [-0.25, -0.2) is 13.4 Å². The fraction of sp³-hybridized carbons (Fsp3) is 0.0833. The van der Waals surface area contributed by atoms with Gasteiger partial charge in [-0.05, 0) is 25.1 Å². The molecule has 1 N–H and O–H groups in total. The van der Waals surface area contributed by atoms with Crippen molar-refractivity contribution in [2.75, 3.05) is 4.72 Å². The van der Waals surface area contributed by atoms with Crippen molar-refractivity contribution in [3.8, 4) is 0 Å². The van der Waals surface area contributed by atoms with Crippen LogP contribution in [0.2, 0.25) is 5.02 Å². The zero-order chi connectivity index (χ0) is 13.2. The molecule has 0 saturated heterocycles. The zero-order valence-electron chi connectivity index (χ0n) is 9.59. The number of nitrogens with one attached hydrogen (secondary N) is 1. The first-order valence-electron chi connectivity index (χ1n) is 5.18. The largest absolute Gasteiger partial charge is 0.263 e. The Bertz CT molecular complexity index is 654. The Morgan fingerprint density at radius 2 is 1.83 bits per heavy atom. The second-order valence-electron chi connectivity index (χ2n) is 3.78. The molecule has 6 heteroatoms. The molecule has 2 rings (SSSR count). The lowest BCUT2D eigenvalue weighted by Gasteiger charge is -2.07. The van der Waals surface area contributed by atoms with Crippen LogP contribution in [0.15, 0.2) is 47.5 Å². The van der Waals surface area contributed by atoms with Crippen molar-refractivity contribution in [2.24, 2.45) is 0 Å². The topological polar surface area (TPSA) is 59.1 Å². The molecule has 1 aromatic heterocycles. The van der Waals surface area contributed by atoms with Gasteiger partial charge in [0.2, 0.25) is 0 Å². The van der Waals surface area contributed by atoms with E-state index in [9.17, 15) is 8.42 Å². The van der Waals surface area contributed by atoms with Crippen molar-refractivity contribution in [1.82, 2.24) is 4.98 Å². The molecule has 0 atom stereocenters. The fourth-order valence-corrected chi connectivity index (χ4v) is 2.53. The van der Waals surface area contributed by atoms with Gasteiger partial charge in [0.05, 0.1) is 4.90 Å². The minimum Gasteiger partial charge on any atom is -0.263 e. The maximum Gasteiger partial charge on any atom is 0.263 e. The highest BCUT2D eigenvalue weighted by molar-refractivity contribution is 7.92. The Kier molecular flexibility index (Phi) is 3.54. The number of aromatic nitrogens is 1. The normalized spacial score (nSPS) is 11.2. The molecule has 0 spiro atoms. The van der Waals surface area contributed by atoms with Gasteiger partial charge < -0.3 is 0 Å². The summed E-state index contributed by atoms with van der Waals surface area (Å²) >= 11 is 5.77. The third kappa shape index (κ3) is 3.00. The number of aryl methyl sites for hydroxylation is 1. The molecule has 0 aliphatic carbocycles. The summed E-state index contributed by atoms with van der Waals surface area (Å²) in [6.07, 6.45) is 1.44. The summed E-state index contributed by atoms with van der Waals surface area (Å²) < 4.78 is 26.4. The third-order valence-corrected chi connectivity index (χ3v) is 3.90. The van der Waals surface area contributed by atoms with Crippen LogP contribution in [-0.4, -0.2) is 13.4 Å². The van der Waals surface area contributed by atoms with Gasteiger partial charge in [-0.3, -0.25) is 4.72 Å². The van der Waals surface area contributed by atoms with E-state index in [0.29, 0.717) is 5.02 Å². The third-order valence-electron chi connectivity index (χ3n) is 2.29. The summed E-state index contributed by atoms with van der Waals surface area (Å²) in [4.78, 5) is 4.08. The number of pyridine rings is 1. The average Bonchev–Trinajstić information content (AvgIpc) is 2.29. The number of sulfonamides is 1. The number of anilines is 1. The Hall–Kier alpha value is -1.59. The Balaban J connectivity index is 2.30. The molecule has 0 bridgehead atoms. The number of hydrogen-bond donors (Lipinski definition) is 1. The predicted octanol–water partition coefficient (Wildman–Crippen LogP) is 2.84. The highest BCUT2D eigenvalue weighted by Gasteiger charge is 2.14. The van der Waals surface area contributed by atoms with E-state index in [2.05, 4.69) is 9.71 Å². The fourth-order valence-electron chi connectivity index (χ4n) is 1.37. The number of halogens is 1. The molecule has 0 aliphatic heterocycles. The van der Waals surface area contributed by atoms with Gasteiger partial charge in [0.15, 0.2) is 0 Å². The maximum atomic E-state index is 12.0. The van der Waals surface area contributed by atoms with Gasteiger partial charge in [0.1, 0.15) is 5.82 Å². The molecule has 1 heterocycles. The standard InChI is InChI=1S/C12H11ClN2O2S/c1-9-2-4-11(5-3-9)18(16,17)15-12-8-10(13)6-7-14-12/h2-8H,1H3,(H,14,15). The van der Waals surface area contributed by atoms with Crippen LogP contribution in [0.25, 0.3) is 0 Å². The van der Waals surface area contributed by atoms with Gasteiger partial charge in [-0.1, -0.05) is 29.3 Å².